The number of rotatable bonds is 6. The molecule has 124 valence electrons. The second-order valence-corrected chi connectivity index (χ2v) is 8.54. The predicted molar refractivity (Wildman–Crippen MR) is 89.7 cm³/mol. The van der Waals surface area contributed by atoms with E-state index in [2.05, 4.69) is 5.32 Å². The van der Waals surface area contributed by atoms with E-state index in [1.807, 2.05) is 12.3 Å². The van der Waals surface area contributed by atoms with Gasteiger partial charge in [-0.2, -0.15) is 5.26 Å². The van der Waals surface area contributed by atoms with E-state index in [1.165, 1.54) is 0 Å². The fourth-order valence-corrected chi connectivity index (χ4v) is 5.11. The van der Waals surface area contributed by atoms with Gasteiger partial charge >= 0.3 is 0 Å². The van der Waals surface area contributed by atoms with Crippen LogP contribution >= 0.6 is 11.8 Å². The Balaban J connectivity index is 2.09. The maximum Gasteiger partial charge on any atom is 0.224 e. The van der Waals surface area contributed by atoms with E-state index in [-0.39, 0.29) is 30.0 Å². The van der Waals surface area contributed by atoms with Crippen molar-refractivity contribution in [3.63, 3.8) is 0 Å². The molecule has 2 rings (SSSR count). The highest BCUT2D eigenvalue weighted by Gasteiger charge is 2.36. The summed E-state index contributed by atoms with van der Waals surface area (Å²) in [6.07, 6.45) is 4.19. The predicted octanol–water partition coefficient (Wildman–Crippen LogP) is 2.24. The van der Waals surface area contributed by atoms with E-state index in [0.717, 1.165) is 17.7 Å². The van der Waals surface area contributed by atoms with Gasteiger partial charge in [-0.05, 0) is 49.3 Å². The molecule has 2 atom stereocenters. The lowest BCUT2D eigenvalue weighted by atomic mass is 9.97. The largest absolute Gasteiger partial charge is 0.343 e. The van der Waals surface area contributed by atoms with E-state index in [0.29, 0.717) is 11.3 Å². The maximum atomic E-state index is 12.6. The smallest absolute Gasteiger partial charge is 0.224 e. The summed E-state index contributed by atoms with van der Waals surface area (Å²) in [6.45, 7) is -0.0368. The highest BCUT2D eigenvalue weighted by molar-refractivity contribution is 7.98. The van der Waals surface area contributed by atoms with Crippen molar-refractivity contribution in [3.8, 4) is 6.07 Å². The van der Waals surface area contributed by atoms with Gasteiger partial charge in [0.05, 0.1) is 16.7 Å². The zero-order valence-electron chi connectivity index (χ0n) is 13.0. The van der Waals surface area contributed by atoms with Crippen LogP contribution in [0.4, 0.5) is 0 Å². The van der Waals surface area contributed by atoms with Crippen LogP contribution in [0.1, 0.15) is 19.3 Å². The van der Waals surface area contributed by atoms with Gasteiger partial charge in [-0.3, -0.25) is 4.79 Å². The van der Waals surface area contributed by atoms with Crippen molar-refractivity contribution < 1.29 is 13.2 Å². The minimum absolute atomic E-state index is 0.0176. The summed E-state index contributed by atoms with van der Waals surface area (Å²) in [5, 5.41) is 11.1. The second kappa shape index (κ2) is 7.84. The number of carbonyl (C=O) groups excluding carboxylic acids is 1. The van der Waals surface area contributed by atoms with E-state index in [9.17, 15) is 13.2 Å². The molecule has 0 saturated heterocycles. The average molecular weight is 352 g/mol. The van der Waals surface area contributed by atoms with E-state index >= 15 is 0 Å². The molecule has 0 radical (unpaired) electrons. The number of hydrogen-bond acceptors (Lipinski definition) is 5. The van der Waals surface area contributed by atoms with Crippen molar-refractivity contribution in [1.82, 2.24) is 5.32 Å². The molecule has 1 N–H and O–H groups in total. The highest BCUT2D eigenvalue weighted by atomic mass is 32.2. The Labute approximate surface area is 141 Å². The lowest BCUT2D eigenvalue weighted by molar-refractivity contribution is -0.125. The topological polar surface area (TPSA) is 87.0 Å². The van der Waals surface area contributed by atoms with Crippen LogP contribution in [0.25, 0.3) is 0 Å². The quantitative estimate of drug-likeness (QED) is 0.627. The van der Waals surface area contributed by atoms with Crippen molar-refractivity contribution in [2.75, 3.05) is 18.6 Å². The van der Waals surface area contributed by atoms with Crippen molar-refractivity contribution in [3.05, 3.63) is 24.3 Å². The van der Waals surface area contributed by atoms with Gasteiger partial charge in [-0.15, -0.1) is 11.8 Å². The molecule has 1 saturated carbocycles. The molecular formula is C16H20N2O3S2. The van der Waals surface area contributed by atoms with Crippen molar-refractivity contribution in [2.45, 2.75) is 29.1 Å². The summed E-state index contributed by atoms with van der Waals surface area (Å²) < 4.78 is 25.2. The van der Waals surface area contributed by atoms with Crippen molar-refractivity contribution >= 4 is 27.5 Å². The van der Waals surface area contributed by atoms with Gasteiger partial charge in [0.1, 0.15) is 6.54 Å². The molecule has 0 aromatic heterocycles. The third-order valence-corrected chi connectivity index (χ3v) is 6.79. The standard InChI is InChI=1S/C16H20N2O3S2/c1-22-13-5-7-14(8-6-13)23(20,21)11-12-3-2-4-15(12)16(19)18-10-9-17/h5-8,12,15H,2-4,10-11H2,1H3,(H,18,19)/t12-,15+/m0/s1. The molecule has 7 heteroatoms. The molecule has 1 fully saturated rings. The van der Waals surface area contributed by atoms with E-state index < -0.39 is 9.84 Å². The molecule has 0 bridgehead atoms. The molecule has 0 unspecified atom stereocenters. The van der Waals surface area contributed by atoms with Crippen LogP contribution in [0.2, 0.25) is 0 Å². The van der Waals surface area contributed by atoms with Gasteiger partial charge in [-0.1, -0.05) is 6.42 Å². The minimum atomic E-state index is -3.41. The number of hydrogen-bond donors (Lipinski definition) is 1. The minimum Gasteiger partial charge on any atom is -0.343 e. The third kappa shape index (κ3) is 4.49. The van der Waals surface area contributed by atoms with Crippen LogP contribution < -0.4 is 5.32 Å². The molecule has 0 spiro atoms. The van der Waals surface area contributed by atoms with Gasteiger partial charge in [0, 0.05) is 10.8 Å². The fraction of sp³-hybridized carbons (Fsp3) is 0.500. The first-order chi connectivity index (χ1) is 11.0. The number of sulfone groups is 1. The van der Waals surface area contributed by atoms with E-state index in [1.54, 1.807) is 36.0 Å². The molecule has 1 aromatic carbocycles. The zero-order chi connectivity index (χ0) is 16.9. The second-order valence-electron chi connectivity index (χ2n) is 5.63. The summed E-state index contributed by atoms with van der Waals surface area (Å²) in [6, 6.07) is 8.71. The molecule has 5 nitrogen and oxygen atoms in total. The first-order valence-electron chi connectivity index (χ1n) is 7.49. The lowest BCUT2D eigenvalue weighted by Crippen LogP contribution is -2.35. The van der Waals surface area contributed by atoms with Crippen molar-refractivity contribution in [2.24, 2.45) is 11.8 Å². The van der Waals surface area contributed by atoms with Crippen LogP contribution in [0.15, 0.2) is 34.1 Å². The fourth-order valence-electron chi connectivity index (χ4n) is 3.00. The summed E-state index contributed by atoms with van der Waals surface area (Å²) >= 11 is 1.56. The molecular weight excluding hydrogens is 332 g/mol. The third-order valence-electron chi connectivity index (χ3n) is 4.19. The molecule has 1 aliphatic rings. The Bertz CT molecular complexity index is 693. The Morgan fingerprint density at radius 1 is 1.35 bits per heavy atom. The lowest BCUT2D eigenvalue weighted by Gasteiger charge is -2.18. The summed E-state index contributed by atoms with van der Waals surface area (Å²) in [4.78, 5) is 13.4. The number of nitriles is 1. The number of nitrogens with one attached hydrogen (secondary N) is 1. The van der Waals surface area contributed by atoms with Gasteiger partial charge in [-0.25, -0.2) is 8.42 Å². The first-order valence-corrected chi connectivity index (χ1v) is 10.4. The van der Waals surface area contributed by atoms with Gasteiger partial charge in [0.25, 0.3) is 0 Å². The number of amides is 1. The Kier molecular flexibility index (Phi) is 6.08. The van der Waals surface area contributed by atoms with Crippen LogP contribution in [0.5, 0.6) is 0 Å². The first kappa shape index (κ1) is 17.8. The Hall–Kier alpha value is -1.52. The number of carbonyl (C=O) groups is 1. The number of benzene rings is 1. The van der Waals surface area contributed by atoms with Crippen molar-refractivity contribution in [1.29, 1.82) is 5.26 Å². The van der Waals surface area contributed by atoms with Gasteiger partial charge in [0.2, 0.25) is 5.91 Å². The molecule has 1 aromatic rings. The zero-order valence-corrected chi connectivity index (χ0v) is 14.6. The van der Waals surface area contributed by atoms with Crippen LogP contribution in [-0.4, -0.2) is 32.9 Å². The highest BCUT2D eigenvalue weighted by Crippen LogP contribution is 2.34. The van der Waals surface area contributed by atoms with E-state index in [4.69, 9.17) is 5.26 Å². The normalized spacial score (nSPS) is 20.9. The molecule has 0 heterocycles. The summed E-state index contributed by atoms with van der Waals surface area (Å²) in [5.74, 6) is -0.722. The maximum absolute atomic E-state index is 12.6. The monoisotopic (exact) mass is 352 g/mol. The SMILES string of the molecule is CSc1ccc(S(=O)(=O)C[C@@H]2CCC[C@H]2C(=O)NCC#N)cc1. The molecule has 1 amide bonds. The molecule has 1 aliphatic carbocycles. The van der Waals surface area contributed by atoms with Gasteiger partial charge in [0.15, 0.2) is 9.84 Å². The Morgan fingerprint density at radius 3 is 2.65 bits per heavy atom. The van der Waals surface area contributed by atoms with Gasteiger partial charge < -0.3 is 5.32 Å². The Morgan fingerprint density at radius 2 is 2.04 bits per heavy atom. The van der Waals surface area contributed by atoms with Crippen LogP contribution in [0, 0.1) is 23.2 Å². The number of nitrogens with zero attached hydrogens (tertiary/aromatic N) is 1. The van der Waals surface area contributed by atoms with Crippen LogP contribution in [0.3, 0.4) is 0 Å². The van der Waals surface area contributed by atoms with Crippen LogP contribution in [-0.2, 0) is 14.6 Å². The molecule has 23 heavy (non-hydrogen) atoms. The summed E-state index contributed by atoms with van der Waals surface area (Å²) in [5.41, 5.74) is 0. The summed E-state index contributed by atoms with van der Waals surface area (Å²) in [7, 11) is -3.41. The number of thioether (sulfide) groups is 1. The average Bonchev–Trinajstić information content (AvgIpc) is 3.00. The molecule has 0 aliphatic heterocycles.